The highest BCUT2D eigenvalue weighted by Gasteiger charge is 2.24. The van der Waals surface area contributed by atoms with Crippen LogP contribution in [0.2, 0.25) is 0 Å². The minimum Gasteiger partial charge on any atom is -0.348 e. The second-order valence-electron chi connectivity index (χ2n) is 7.84. The molecule has 0 spiro atoms. The van der Waals surface area contributed by atoms with Crippen molar-refractivity contribution in [1.29, 1.82) is 0 Å². The Morgan fingerprint density at radius 3 is 2.42 bits per heavy atom. The number of anilines is 1. The minimum atomic E-state index is -1.01. The highest BCUT2D eigenvalue weighted by Crippen LogP contribution is 2.17. The van der Waals surface area contributed by atoms with Gasteiger partial charge in [0.2, 0.25) is 0 Å². The molecule has 1 aromatic heterocycles. The fraction of sp³-hybridized carbons (Fsp3) is 0.250. The molecule has 7 nitrogen and oxygen atoms in total. The molecule has 2 aromatic carbocycles. The molecule has 0 unspecified atom stereocenters. The Hall–Kier alpha value is -3.72. The van der Waals surface area contributed by atoms with E-state index < -0.39 is 23.4 Å². The third kappa shape index (κ3) is 5.75. The molecule has 0 saturated carbocycles. The molecule has 9 heteroatoms. The lowest BCUT2D eigenvalue weighted by Gasteiger charge is -2.32. The fourth-order valence-electron chi connectivity index (χ4n) is 3.77. The van der Waals surface area contributed by atoms with Crippen molar-refractivity contribution in [3.63, 3.8) is 0 Å². The van der Waals surface area contributed by atoms with Crippen LogP contribution in [0.1, 0.15) is 39.3 Å². The van der Waals surface area contributed by atoms with Gasteiger partial charge in [0.25, 0.3) is 11.8 Å². The van der Waals surface area contributed by atoms with E-state index in [9.17, 15) is 18.4 Å². The molecular weight excluding hydrogens is 428 g/mol. The van der Waals surface area contributed by atoms with Crippen molar-refractivity contribution < 1.29 is 18.4 Å². The van der Waals surface area contributed by atoms with Crippen molar-refractivity contribution in [3.05, 3.63) is 89.4 Å². The molecule has 1 saturated heterocycles. The summed E-state index contributed by atoms with van der Waals surface area (Å²) in [6.45, 7) is 2.54. The Balaban J connectivity index is 1.36. The number of nitrogens with zero attached hydrogens (tertiary/aromatic N) is 3. The fourth-order valence-corrected chi connectivity index (χ4v) is 3.77. The zero-order chi connectivity index (χ0) is 23.2. The lowest BCUT2D eigenvalue weighted by Crippen LogP contribution is -2.44. The summed E-state index contributed by atoms with van der Waals surface area (Å²) in [5, 5.41) is 5.34. The van der Waals surface area contributed by atoms with E-state index >= 15 is 0 Å². The van der Waals surface area contributed by atoms with Gasteiger partial charge in [-0.25, -0.2) is 18.7 Å². The quantitative estimate of drug-likeness (QED) is 0.600. The van der Waals surface area contributed by atoms with Crippen molar-refractivity contribution in [2.24, 2.45) is 0 Å². The normalized spacial score (nSPS) is 14.6. The smallest absolute Gasteiger partial charge is 0.273 e. The molecule has 1 aliphatic heterocycles. The van der Waals surface area contributed by atoms with E-state index in [0.29, 0.717) is 6.07 Å². The van der Waals surface area contributed by atoms with Crippen LogP contribution in [0.3, 0.4) is 0 Å². The summed E-state index contributed by atoms with van der Waals surface area (Å²) >= 11 is 0. The molecule has 1 aliphatic rings. The van der Waals surface area contributed by atoms with Gasteiger partial charge in [0, 0.05) is 44.1 Å². The molecule has 2 N–H and O–H groups in total. The number of hydrogen-bond acceptors (Lipinski definition) is 5. The first kappa shape index (κ1) is 22.5. The van der Waals surface area contributed by atoms with Crippen LogP contribution in [0.25, 0.3) is 0 Å². The van der Waals surface area contributed by atoms with Gasteiger partial charge in [-0.15, -0.1) is 0 Å². The maximum Gasteiger partial charge on any atom is 0.273 e. The van der Waals surface area contributed by atoms with Gasteiger partial charge in [0.1, 0.15) is 11.6 Å². The van der Waals surface area contributed by atoms with Gasteiger partial charge in [-0.2, -0.15) is 0 Å². The molecule has 4 rings (SSSR count). The van der Waals surface area contributed by atoms with Crippen molar-refractivity contribution in [2.75, 3.05) is 18.4 Å². The van der Waals surface area contributed by atoms with E-state index in [1.54, 1.807) is 0 Å². The van der Waals surface area contributed by atoms with Gasteiger partial charge in [-0.3, -0.25) is 14.5 Å². The Morgan fingerprint density at radius 2 is 1.70 bits per heavy atom. The maximum atomic E-state index is 13.9. The highest BCUT2D eigenvalue weighted by atomic mass is 19.1. The van der Waals surface area contributed by atoms with E-state index in [0.717, 1.165) is 44.6 Å². The molecule has 0 radical (unpaired) electrons. The Labute approximate surface area is 189 Å². The van der Waals surface area contributed by atoms with Gasteiger partial charge in [-0.05, 0) is 30.5 Å². The average Bonchev–Trinajstić information content (AvgIpc) is 2.81. The molecule has 170 valence electrons. The van der Waals surface area contributed by atoms with E-state index in [-0.39, 0.29) is 23.1 Å². The summed E-state index contributed by atoms with van der Waals surface area (Å²) < 4.78 is 27.0. The maximum absolute atomic E-state index is 13.9. The largest absolute Gasteiger partial charge is 0.348 e. The number of amides is 2. The van der Waals surface area contributed by atoms with Gasteiger partial charge < -0.3 is 10.6 Å². The number of aromatic nitrogens is 2. The SMILES string of the molecule is O=C(Nc1nccnc1C(=O)NC1CCN(Cc2ccccc2)CC1)c1ccc(F)cc1F. The minimum absolute atomic E-state index is 0.0374. The summed E-state index contributed by atoms with van der Waals surface area (Å²) in [6, 6.07) is 12.8. The number of carbonyl (C=O) groups is 2. The zero-order valence-electron chi connectivity index (χ0n) is 17.8. The molecule has 3 aromatic rings. The molecule has 2 amide bonds. The van der Waals surface area contributed by atoms with Crippen LogP contribution in [0.4, 0.5) is 14.6 Å². The molecule has 2 heterocycles. The second kappa shape index (κ2) is 10.3. The van der Waals surface area contributed by atoms with Crippen LogP contribution in [0.5, 0.6) is 0 Å². The van der Waals surface area contributed by atoms with Crippen LogP contribution in [0, 0.1) is 11.6 Å². The topological polar surface area (TPSA) is 87.2 Å². The molecule has 0 atom stereocenters. The first-order chi connectivity index (χ1) is 16.0. The molecular formula is C24H23F2N5O2. The number of likely N-dealkylation sites (tertiary alicyclic amines) is 1. The average molecular weight is 451 g/mol. The number of carbonyl (C=O) groups excluding carboxylic acids is 2. The van der Waals surface area contributed by atoms with Gasteiger partial charge in [0.05, 0.1) is 5.56 Å². The van der Waals surface area contributed by atoms with Crippen molar-refractivity contribution in [3.8, 4) is 0 Å². The standard InChI is InChI=1S/C24H23F2N5O2/c25-17-6-7-19(20(26)14-17)23(32)30-22-21(27-10-11-28-22)24(33)29-18-8-12-31(13-9-18)15-16-4-2-1-3-5-16/h1-7,10-11,14,18H,8-9,12-13,15H2,(H,29,33)(H,28,30,32). The summed E-state index contributed by atoms with van der Waals surface area (Å²) in [5.41, 5.74) is 0.816. The number of nitrogens with one attached hydrogen (secondary N) is 2. The van der Waals surface area contributed by atoms with Gasteiger partial charge >= 0.3 is 0 Å². The summed E-state index contributed by atoms with van der Waals surface area (Å²) in [5.74, 6) is -3.22. The Morgan fingerprint density at radius 1 is 0.970 bits per heavy atom. The number of piperidine rings is 1. The number of halogens is 2. The van der Waals surface area contributed by atoms with Crippen LogP contribution in [0.15, 0.2) is 60.9 Å². The second-order valence-corrected chi connectivity index (χ2v) is 7.84. The lowest BCUT2D eigenvalue weighted by atomic mass is 10.0. The third-order valence-electron chi connectivity index (χ3n) is 5.49. The molecule has 0 aliphatic carbocycles. The van der Waals surface area contributed by atoms with E-state index in [4.69, 9.17) is 0 Å². The summed E-state index contributed by atoms with van der Waals surface area (Å²) in [4.78, 5) is 35.6. The number of hydrogen-bond donors (Lipinski definition) is 2. The van der Waals surface area contributed by atoms with Crippen LogP contribution in [-0.4, -0.2) is 45.8 Å². The predicted molar refractivity (Wildman–Crippen MR) is 119 cm³/mol. The van der Waals surface area contributed by atoms with Crippen LogP contribution in [-0.2, 0) is 6.54 Å². The lowest BCUT2D eigenvalue weighted by molar-refractivity contribution is 0.0904. The van der Waals surface area contributed by atoms with Gasteiger partial charge in [-0.1, -0.05) is 30.3 Å². The van der Waals surface area contributed by atoms with Crippen molar-refractivity contribution >= 4 is 17.6 Å². The van der Waals surface area contributed by atoms with Crippen molar-refractivity contribution in [1.82, 2.24) is 20.2 Å². The molecule has 33 heavy (non-hydrogen) atoms. The van der Waals surface area contributed by atoms with E-state index in [1.165, 1.54) is 18.0 Å². The zero-order valence-corrected chi connectivity index (χ0v) is 17.8. The van der Waals surface area contributed by atoms with Gasteiger partial charge in [0.15, 0.2) is 11.5 Å². The van der Waals surface area contributed by atoms with Crippen LogP contribution >= 0.6 is 0 Å². The summed E-state index contributed by atoms with van der Waals surface area (Å²) in [6.07, 6.45) is 4.21. The van der Waals surface area contributed by atoms with E-state index in [1.807, 2.05) is 18.2 Å². The third-order valence-corrected chi connectivity index (χ3v) is 5.49. The highest BCUT2D eigenvalue weighted by molar-refractivity contribution is 6.07. The number of rotatable bonds is 6. The predicted octanol–water partition coefficient (Wildman–Crippen LogP) is 3.40. The molecule has 1 fully saturated rings. The Bertz CT molecular complexity index is 1130. The number of benzene rings is 2. The molecule has 0 bridgehead atoms. The summed E-state index contributed by atoms with van der Waals surface area (Å²) in [7, 11) is 0. The first-order valence-electron chi connectivity index (χ1n) is 10.6. The first-order valence-corrected chi connectivity index (χ1v) is 10.6. The van der Waals surface area contributed by atoms with Crippen LogP contribution < -0.4 is 10.6 Å². The monoisotopic (exact) mass is 451 g/mol. The van der Waals surface area contributed by atoms with Crippen molar-refractivity contribution in [2.45, 2.75) is 25.4 Å². The Kier molecular flexibility index (Phi) is 6.99. The van der Waals surface area contributed by atoms with E-state index in [2.05, 4.69) is 37.6 Å².